The summed E-state index contributed by atoms with van der Waals surface area (Å²) in [6.45, 7) is 0. The van der Waals surface area contributed by atoms with Crippen molar-refractivity contribution in [3.8, 4) is 23.0 Å². The highest BCUT2D eigenvalue weighted by molar-refractivity contribution is 6.08. The maximum atomic E-state index is 12.5. The molecule has 2 aromatic rings. The van der Waals surface area contributed by atoms with Crippen molar-refractivity contribution in [2.75, 3.05) is 28.4 Å². The van der Waals surface area contributed by atoms with Crippen LogP contribution in [0.2, 0.25) is 0 Å². The minimum Gasteiger partial charge on any atom is -0.507 e. The number of carbonyl (C=O) groups is 1. The van der Waals surface area contributed by atoms with Gasteiger partial charge in [-0.15, -0.1) is 0 Å². The fourth-order valence-corrected chi connectivity index (χ4v) is 2.20. The normalized spacial score (nSPS) is 11.0. The Morgan fingerprint density at radius 3 is 1.44 bits per heavy atom. The lowest BCUT2D eigenvalue weighted by Gasteiger charge is -2.09. The van der Waals surface area contributed by atoms with Crippen LogP contribution in [0.15, 0.2) is 42.5 Å². The predicted molar refractivity (Wildman–Crippen MR) is 94.0 cm³/mol. The summed E-state index contributed by atoms with van der Waals surface area (Å²) in [6, 6.07) is 9.68. The van der Waals surface area contributed by atoms with Crippen LogP contribution in [0.3, 0.4) is 0 Å². The summed E-state index contributed by atoms with van der Waals surface area (Å²) >= 11 is 0. The number of hydrogen-bond donors (Lipinski definition) is 1. The first-order chi connectivity index (χ1) is 12.0. The molecule has 25 heavy (non-hydrogen) atoms. The second kappa shape index (κ2) is 8.10. The maximum Gasteiger partial charge on any atom is 0.189 e. The second-order valence-electron chi connectivity index (χ2n) is 5.10. The Morgan fingerprint density at radius 2 is 1.08 bits per heavy atom. The van der Waals surface area contributed by atoms with Crippen molar-refractivity contribution in [1.82, 2.24) is 0 Å². The molecular weight excluding hydrogens is 324 g/mol. The van der Waals surface area contributed by atoms with Crippen LogP contribution >= 0.6 is 0 Å². The average molecular weight is 344 g/mol. The third-order valence-corrected chi connectivity index (χ3v) is 3.55. The molecule has 0 aliphatic rings. The highest BCUT2D eigenvalue weighted by Gasteiger charge is 2.11. The lowest BCUT2D eigenvalue weighted by Crippen LogP contribution is -1.99. The number of hydrogen-bond acceptors (Lipinski definition) is 6. The zero-order valence-corrected chi connectivity index (χ0v) is 14.5. The number of benzene rings is 2. The van der Waals surface area contributed by atoms with Crippen LogP contribution < -0.4 is 18.9 Å². The number of aliphatic hydroxyl groups excluding tert-OH is 1. The van der Waals surface area contributed by atoms with Gasteiger partial charge in [-0.25, -0.2) is 0 Å². The fourth-order valence-electron chi connectivity index (χ4n) is 2.20. The molecule has 2 aromatic carbocycles. The van der Waals surface area contributed by atoms with Gasteiger partial charge in [0.2, 0.25) is 0 Å². The highest BCUT2D eigenvalue weighted by Crippen LogP contribution is 2.27. The van der Waals surface area contributed by atoms with Crippen molar-refractivity contribution < 1.29 is 28.8 Å². The number of allylic oxidation sites excluding steroid dienone is 1. The standard InChI is InChI=1S/C19H20O6/c1-22-14-5-12(6-15(9-14)23-2)18(20)11-19(21)13-7-16(24-3)10-17(8-13)25-4/h5-11,20H,1-4H3/b18-11-. The van der Waals surface area contributed by atoms with Crippen LogP contribution in [0.1, 0.15) is 15.9 Å². The molecule has 0 aliphatic heterocycles. The van der Waals surface area contributed by atoms with Crippen LogP contribution in [-0.2, 0) is 0 Å². The Balaban J connectivity index is 2.38. The van der Waals surface area contributed by atoms with Crippen LogP contribution in [0.4, 0.5) is 0 Å². The second-order valence-corrected chi connectivity index (χ2v) is 5.10. The van der Waals surface area contributed by atoms with Gasteiger partial charge in [-0.2, -0.15) is 0 Å². The van der Waals surface area contributed by atoms with Crippen molar-refractivity contribution >= 4 is 11.5 Å². The van der Waals surface area contributed by atoms with E-state index in [0.717, 1.165) is 6.08 Å². The van der Waals surface area contributed by atoms with E-state index in [0.29, 0.717) is 34.1 Å². The van der Waals surface area contributed by atoms with Crippen molar-refractivity contribution in [2.24, 2.45) is 0 Å². The number of rotatable bonds is 7. The van der Waals surface area contributed by atoms with Gasteiger partial charge < -0.3 is 24.1 Å². The molecule has 0 aromatic heterocycles. The molecule has 0 saturated heterocycles. The van der Waals surface area contributed by atoms with Crippen LogP contribution in [0, 0.1) is 0 Å². The van der Waals surface area contributed by atoms with Crippen molar-refractivity contribution in [3.63, 3.8) is 0 Å². The zero-order chi connectivity index (χ0) is 18.4. The summed E-state index contributed by atoms with van der Waals surface area (Å²) < 4.78 is 20.6. The lowest BCUT2D eigenvalue weighted by atomic mass is 10.1. The van der Waals surface area contributed by atoms with Crippen LogP contribution in [0.5, 0.6) is 23.0 Å². The summed E-state index contributed by atoms with van der Waals surface area (Å²) in [7, 11) is 6.01. The van der Waals surface area contributed by atoms with Crippen molar-refractivity contribution in [2.45, 2.75) is 0 Å². The van der Waals surface area contributed by atoms with Gasteiger partial charge in [0, 0.05) is 29.3 Å². The minimum atomic E-state index is -0.392. The Morgan fingerprint density at radius 1 is 0.720 bits per heavy atom. The molecule has 6 heteroatoms. The Labute approximate surface area is 146 Å². The largest absolute Gasteiger partial charge is 0.507 e. The number of aliphatic hydroxyl groups is 1. The molecule has 0 bridgehead atoms. The summed E-state index contributed by atoms with van der Waals surface area (Å²) in [4.78, 5) is 12.5. The van der Waals surface area contributed by atoms with Crippen LogP contribution in [0.25, 0.3) is 5.76 Å². The van der Waals surface area contributed by atoms with E-state index >= 15 is 0 Å². The van der Waals surface area contributed by atoms with E-state index in [2.05, 4.69) is 0 Å². The molecule has 132 valence electrons. The fraction of sp³-hybridized carbons (Fsp3) is 0.211. The van der Waals surface area contributed by atoms with Crippen molar-refractivity contribution in [1.29, 1.82) is 0 Å². The molecule has 0 spiro atoms. The topological polar surface area (TPSA) is 74.2 Å². The van der Waals surface area contributed by atoms with Gasteiger partial charge in [0.05, 0.1) is 28.4 Å². The quantitative estimate of drug-likeness (QED) is 0.471. The lowest BCUT2D eigenvalue weighted by molar-refractivity contribution is 0.104. The monoisotopic (exact) mass is 344 g/mol. The summed E-state index contributed by atoms with van der Waals surface area (Å²) in [6.07, 6.45) is 1.13. The van der Waals surface area contributed by atoms with E-state index in [1.165, 1.54) is 28.4 Å². The van der Waals surface area contributed by atoms with Gasteiger partial charge >= 0.3 is 0 Å². The van der Waals surface area contributed by atoms with Crippen LogP contribution in [-0.4, -0.2) is 39.3 Å². The third kappa shape index (κ3) is 4.44. The Hall–Kier alpha value is -3.15. The minimum absolute atomic E-state index is 0.205. The maximum absolute atomic E-state index is 12.5. The molecule has 0 atom stereocenters. The van der Waals surface area contributed by atoms with E-state index in [1.807, 2.05) is 0 Å². The van der Waals surface area contributed by atoms with E-state index in [9.17, 15) is 9.90 Å². The average Bonchev–Trinajstić information content (AvgIpc) is 2.66. The number of methoxy groups -OCH3 is 4. The smallest absolute Gasteiger partial charge is 0.189 e. The molecule has 0 radical (unpaired) electrons. The number of ether oxygens (including phenoxy) is 4. The van der Waals surface area contributed by atoms with Gasteiger partial charge in [-0.1, -0.05) is 0 Å². The summed E-state index contributed by atoms with van der Waals surface area (Å²) in [5.41, 5.74) is 0.733. The van der Waals surface area contributed by atoms with E-state index in [1.54, 1.807) is 36.4 Å². The van der Waals surface area contributed by atoms with E-state index in [4.69, 9.17) is 18.9 Å². The molecular formula is C19H20O6. The number of ketones is 1. The SMILES string of the molecule is COc1cc(OC)cc(C(=O)/C=C(\O)c2cc(OC)cc(OC)c2)c1. The predicted octanol–water partition coefficient (Wildman–Crippen LogP) is 3.50. The molecule has 0 heterocycles. The van der Waals surface area contributed by atoms with E-state index < -0.39 is 5.78 Å². The van der Waals surface area contributed by atoms with Gasteiger partial charge in [0.15, 0.2) is 5.78 Å². The highest BCUT2D eigenvalue weighted by atomic mass is 16.5. The molecule has 2 rings (SSSR count). The molecule has 0 fully saturated rings. The first kappa shape index (κ1) is 18.2. The third-order valence-electron chi connectivity index (χ3n) is 3.55. The van der Waals surface area contributed by atoms with Gasteiger partial charge in [0.1, 0.15) is 28.8 Å². The molecule has 0 unspecified atom stereocenters. The molecule has 1 N–H and O–H groups in total. The van der Waals surface area contributed by atoms with Gasteiger partial charge in [0.25, 0.3) is 0 Å². The number of carbonyl (C=O) groups excluding carboxylic acids is 1. The zero-order valence-electron chi connectivity index (χ0n) is 14.5. The Bertz CT molecular complexity index is 750. The van der Waals surface area contributed by atoms with Gasteiger partial charge in [-0.3, -0.25) is 4.79 Å². The molecule has 6 nitrogen and oxygen atoms in total. The Kier molecular flexibility index (Phi) is 5.89. The van der Waals surface area contributed by atoms with Crippen molar-refractivity contribution in [3.05, 3.63) is 53.6 Å². The summed E-state index contributed by atoms with van der Waals surface area (Å²) in [5.74, 6) is 1.38. The van der Waals surface area contributed by atoms with Gasteiger partial charge in [-0.05, 0) is 24.3 Å². The first-order valence-electron chi connectivity index (χ1n) is 7.42. The first-order valence-corrected chi connectivity index (χ1v) is 7.42. The summed E-state index contributed by atoms with van der Waals surface area (Å²) in [5, 5.41) is 10.3. The molecule has 0 aliphatic carbocycles. The van der Waals surface area contributed by atoms with E-state index in [-0.39, 0.29) is 5.76 Å². The molecule has 0 amide bonds. The molecule has 0 saturated carbocycles.